The quantitative estimate of drug-likeness (QED) is 0.183. The van der Waals surface area contributed by atoms with Crippen molar-refractivity contribution in [3.05, 3.63) is 130 Å². The predicted molar refractivity (Wildman–Crippen MR) is 219 cm³/mol. The highest BCUT2D eigenvalue weighted by molar-refractivity contribution is 5.98. The van der Waals surface area contributed by atoms with Gasteiger partial charge in [0.05, 0.1) is 11.4 Å². The van der Waals surface area contributed by atoms with Crippen LogP contribution in [-0.4, -0.2) is 22.0 Å². The van der Waals surface area contributed by atoms with Crippen LogP contribution >= 0.6 is 0 Å². The monoisotopic (exact) mass is 703 g/mol. The summed E-state index contributed by atoms with van der Waals surface area (Å²) >= 11 is 0. The maximum Gasteiger partial charge on any atom is 0.217 e. The summed E-state index contributed by atoms with van der Waals surface area (Å²) in [5, 5.41) is 0. The highest BCUT2D eigenvalue weighted by Gasteiger charge is 2.55. The van der Waals surface area contributed by atoms with E-state index < -0.39 is 0 Å². The van der Waals surface area contributed by atoms with Gasteiger partial charge in [0.1, 0.15) is 28.5 Å². The number of anilines is 3. The van der Waals surface area contributed by atoms with E-state index in [0.29, 0.717) is 5.90 Å². The van der Waals surface area contributed by atoms with E-state index in [1.54, 1.807) is 0 Å². The number of rotatable bonds is 5. The molecule has 53 heavy (non-hydrogen) atoms. The molecule has 1 saturated carbocycles. The van der Waals surface area contributed by atoms with Crippen molar-refractivity contribution < 1.29 is 9.47 Å². The van der Waals surface area contributed by atoms with E-state index in [9.17, 15) is 0 Å². The number of aliphatic imine (C=N–C) groups is 1. The number of hydrogen-bond acceptors (Lipinski definition) is 5. The molecular weight excluding hydrogens is 651 g/mol. The van der Waals surface area contributed by atoms with Gasteiger partial charge in [0, 0.05) is 28.8 Å². The zero-order chi connectivity index (χ0) is 37.7. The topological polar surface area (TPSA) is 47.0 Å². The molecule has 2 aliphatic heterocycles. The molecule has 1 aliphatic carbocycles. The third-order valence-electron chi connectivity index (χ3n) is 12.2. The van der Waals surface area contributed by atoms with Crippen molar-refractivity contribution in [3.63, 3.8) is 0 Å². The fourth-order valence-corrected chi connectivity index (χ4v) is 9.12. The molecule has 3 heterocycles. The zero-order valence-corrected chi connectivity index (χ0v) is 33.4. The van der Waals surface area contributed by atoms with Crippen LogP contribution in [0.4, 0.5) is 17.2 Å². The minimum Gasteiger partial charge on any atom is -0.469 e. The molecule has 1 aromatic heterocycles. The van der Waals surface area contributed by atoms with Crippen molar-refractivity contribution in [1.29, 1.82) is 0 Å². The molecule has 5 heteroatoms. The summed E-state index contributed by atoms with van der Waals surface area (Å²) in [7, 11) is 0. The van der Waals surface area contributed by atoms with Gasteiger partial charge in [-0.25, -0.2) is 9.98 Å². The Kier molecular flexibility index (Phi) is 8.00. The Morgan fingerprint density at radius 3 is 2.15 bits per heavy atom. The number of ether oxygens (including phenoxy) is 2. The molecule has 2 atom stereocenters. The van der Waals surface area contributed by atoms with Gasteiger partial charge in [0.15, 0.2) is 0 Å². The lowest BCUT2D eigenvalue weighted by atomic mass is 9.72. The Hall–Kier alpha value is -4.90. The molecule has 5 nitrogen and oxygen atoms in total. The van der Waals surface area contributed by atoms with Crippen LogP contribution in [0.25, 0.3) is 11.1 Å². The van der Waals surface area contributed by atoms with E-state index in [1.807, 2.05) is 6.20 Å². The van der Waals surface area contributed by atoms with Crippen LogP contribution in [0.5, 0.6) is 11.5 Å². The highest BCUT2D eigenvalue weighted by atomic mass is 16.5. The molecule has 272 valence electrons. The molecule has 0 spiro atoms. The molecule has 3 aliphatic rings. The van der Waals surface area contributed by atoms with Crippen LogP contribution in [0.1, 0.15) is 112 Å². The molecule has 8 rings (SSSR count). The molecule has 0 unspecified atom stereocenters. The van der Waals surface area contributed by atoms with E-state index in [2.05, 4.69) is 160 Å². The molecule has 0 amide bonds. The van der Waals surface area contributed by atoms with Gasteiger partial charge in [-0.1, -0.05) is 70.5 Å². The first kappa shape index (κ1) is 35.1. The first-order valence-electron chi connectivity index (χ1n) is 19.2. The summed E-state index contributed by atoms with van der Waals surface area (Å²) in [4.78, 5) is 12.6. The largest absolute Gasteiger partial charge is 0.469 e. The van der Waals surface area contributed by atoms with Crippen LogP contribution < -0.4 is 9.64 Å². The Morgan fingerprint density at radius 1 is 0.736 bits per heavy atom. The molecule has 0 bridgehead atoms. The van der Waals surface area contributed by atoms with Crippen LogP contribution in [-0.2, 0) is 15.6 Å². The van der Waals surface area contributed by atoms with Crippen molar-refractivity contribution >= 4 is 23.1 Å². The van der Waals surface area contributed by atoms with Crippen LogP contribution in [0.3, 0.4) is 0 Å². The standard InChI is InChI=1S/C48H53N3O2/c1-29-20-31(3)42(32(4)21-29)33-24-34(44-50-47(10)17-13-18-48(47,11)53-44)26-38(25-33)52-37-23-30(2)22-36(28-37)51-41-16-15-35(45(5,6)7)27-40(41)46(8,9)39-14-12-19-49-43(39)51/h12,14-16,19-28H,13,17-18H2,1-11H3/t47-,48+/m1/s1. The Balaban J connectivity index is 1.25. The smallest absolute Gasteiger partial charge is 0.217 e. The Morgan fingerprint density at radius 2 is 1.43 bits per heavy atom. The third kappa shape index (κ3) is 5.84. The van der Waals surface area contributed by atoms with Crippen molar-refractivity contribution in [2.24, 2.45) is 4.99 Å². The highest BCUT2D eigenvalue weighted by Crippen LogP contribution is 2.53. The van der Waals surface area contributed by atoms with E-state index in [1.165, 1.54) is 38.9 Å². The molecule has 0 N–H and O–H groups in total. The van der Waals surface area contributed by atoms with Gasteiger partial charge in [-0.3, -0.25) is 4.90 Å². The second kappa shape index (κ2) is 12.1. The van der Waals surface area contributed by atoms with Gasteiger partial charge in [-0.05, 0) is 148 Å². The summed E-state index contributed by atoms with van der Waals surface area (Å²) in [6, 6.07) is 28.7. The van der Waals surface area contributed by atoms with Crippen molar-refractivity contribution in [3.8, 4) is 22.6 Å². The van der Waals surface area contributed by atoms with Crippen LogP contribution in [0, 0.1) is 27.7 Å². The molecule has 0 saturated heterocycles. The van der Waals surface area contributed by atoms with Gasteiger partial charge in [-0.2, -0.15) is 0 Å². The van der Waals surface area contributed by atoms with E-state index in [4.69, 9.17) is 19.5 Å². The normalized spacial score (nSPS) is 21.4. The second-order valence-corrected chi connectivity index (χ2v) is 17.8. The molecular formula is C48H53N3O2. The first-order valence-corrected chi connectivity index (χ1v) is 19.2. The number of fused-ring (bicyclic) bond motifs is 3. The number of pyridine rings is 1. The van der Waals surface area contributed by atoms with E-state index in [0.717, 1.165) is 64.6 Å². The number of benzene rings is 4. The lowest BCUT2D eigenvalue weighted by molar-refractivity contribution is 0.0580. The maximum atomic E-state index is 6.92. The van der Waals surface area contributed by atoms with Crippen LogP contribution in [0.2, 0.25) is 0 Å². The summed E-state index contributed by atoms with van der Waals surface area (Å²) in [6.45, 7) is 24.6. The molecule has 0 radical (unpaired) electrons. The zero-order valence-electron chi connectivity index (χ0n) is 33.4. The van der Waals surface area contributed by atoms with Crippen molar-refractivity contribution in [2.45, 2.75) is 117 Å². The minimum absolute atomic E-state index is 0.0296. The number of aromatic nitrogens is 1. The van der Waals surface area contributed by atoms with Crippen molar-refractivity contribution in [1.82, 2.24) is 4.98 Å². The summed E-state index contributed by atoms with van der Waals surface area (Å²) in [5.74, 6) is 3.17. The number of nitrogens with zero attached hydrogens (tertiary/aromatic N) is 3. The van der Waals surface area contributed by atoms with Gasteiger partial charge < -0.3 is 9.47 Å². The van der Waals surface area contributed by atoms with E-state index in [-0.39, 0.29) is 22.0 Å². The lowest BCUT2D eigenvalue weighted by Gasteiger charge is -2.41. The van der Waals surface area contributed by atoms with Gasteiger partial charge >= 0.3 is 0 Å². The SMILES string of the molecule is Cc1cc(Oc2cc(C3=N[C@]4(C)CCC[C@]4(C)O3)cc(-c3c(C)cc(C)cc3C)c2)cc(N2c3ccc(C(C)(C)C)cc3C(C)(C)c3cccnc32)c1. The summed E-state index contributed by atoms with van der Waals surface area (Å²) < 4.78 is 13.7. The molecule has 4 aromatic carbocycles. The second-order valence-electron chi connectivity index (χ2n) is 17.8. The number of aryl methyl sites for hydroxylation is 4. The fraction of sp³-hybridized carbons (Fsp3) is 0.375. The summed E-state index contributed by atoms with van der Waals surface area (Å²) in [6.07, 6.45) is 5.07. The summed E-state index contributed by atoms with van der Waals surface area (Å²) in [5.41, 5.74) is 13.4. The predicted octanol–water partition coefficient (Wildman–Crippen LogP) is 12.7. The Bertz CT molecular complexity index is 2310. The van der Waals surface area contributed by atoms with Gasteiger partial charge in [-0.15, -0.1) is 0 Å². The van der Waals surface area contributed by atoms with Gasteiger partial charge in [0.2, 0.25) is 5.90 Å². The lowest BCUT2D eigenvalue weighted by Crippen LogP contribution is -2.41. The van der Waals surface area contributed by atoms with Crippen LogP contribution in [0.15, 0.2) is 90.1 Å². The number of hydrogen-bond donors (Lipinski definition) is 0. The average Bonchev–Trinajstić information content (AvgIpc) is 3.50. The Labute approximate surface area is 316 Å². The molecule has 1 fully saturated rings. The van der Waals surface area contributed by atoms with Crippen molar-refractivity contribution in [2.75, 3.05) is 4.90 Å². The van der Waals surface area contributed by atoms with E-state index >= 15 is 0 Å². The van der Waals surface area contributed by atoms with Gasteiger partial charge in [0.25, 0.3) is 0 Å². The molecule has 5 aromatic rings. The first-order chi connectivity index (χ1) is 25.0. The fourth-order valence-electron chi connectivity index (χ4n) is 9.12. The maximum absolute atomic E-state index is 6.92. The third-order valence-corrected chi connectivity index (χ3v) is 12.2. The minimum atomic E-state index is -0.294. The average molecular weight is 704 g/mol.